The molecule has 0 aliphatic carbocycles. The molecule has 1 saturated heterocycles. The van der Waals surface area contributed by atoms with E-state index in [1.165, 1.54) is 16.8 Å². The van der Waals surface area contributed by atoms with Crippen LogP contribution in [-0.2, 0) is 0 Å². The molecule has 0 bridgehead atoms. The first kappa shape index (κ1) is 15.4. The second kappa shape index (κ2) is 7.18. The lowest BCUT2D eigenvalue weighted by Gasteiger charge is -2.37. The van der Waals surface area contributed by atoms with Crippen LogP contribution in [0.2, 0.25) is 0 Å². The Morgan fingerprint density at radius 2 is 1.61 bits per heavy atom. The lowest BCUT2D eigenvalue weighted by molar-refractivity contribution is 0.195. The summed E-state index contributed by atoms with van der Waals surface area (Å²) in [4.78, 5) is 16.2. The van der Waals surface area contributed by atoms with Crippen LogP contribution in [-0.4, -0.2) is 43.7 Å². The molecule has 0 atom stereocenters. The Bertz CT molecular complexity index is 649. The lowest BCUT2D eigenvalue weighted by Crippen LogP contribution is -2.51. The summed E-state index contributed by atoms with van der Waals surface area (Å²) in [6.45, 7) is 5.87. The number of anilines is 1. The number of piperazine rings is 1. The van der Waals surface area contributed by atoms with Crippen molar-refractivity contribution in [3.8, 4) is 11.1 Å². The van der Waals surface area contributed by atoms with E-state index in [4.69, 9.17) is 0 Å². The molecular weight excluding hydrogens is 286 g/mol. The van der Waals surface area contributed by atoms with Crippen molar-refractivity contribution in [2.24, 2.45) is 0 Å². The summed E-state index contributed by atoms with van der Waals surface area (Å²) in [6, 6.07) is 19.0. The van der Waals surface area contributed by atoms with E-state index in [0.717, 1.165) is 26.2 Å². The number of para-hydroxylation sites is 1. The molecule has 2 aromatic rings. The number of hydrogen-bond donors (Lipinski definition) is 1. The monoisotopic (exact) mass is 309 g/mol. The Morgan fingerprint density at radius 3 is 2.30 bits per heavy atom. The van der Waals surface area contributed by atoms with Gasteiger partial charge in [-0.05, 0) is 18.6 Å². The van der Waals surface area contributed by atoms with Gasteiger partial charge in [0.25, 0.3) is 0 Å². The number of hydrogen-bond acceptors (Lipinski definition) is 2. The Morgan fingerprint density at radius 1 is 0.957 bits per heavy atom. The van der Waals surface area contributed by atoms with Crippen LogP contribution < -0.4 is 10.2 Å². The number of nitrogens with zero attached hydrogens (tertiary/aromatic N) is 2. The summed E-state index contributed by atoms with van der Waals surface area (Å²) < 4.78 is 0. The summed E-state index contributed by atoms with van der Waals surface area (Å²) in [5, 5.41) is 2.88. The summed E-state index contributed by atoms with van der Waals surface area (Å²) >= 11 is 0. The molecule has 4 heteroatoms. The maximum absolute atomic E-state index is 11.9. The van der Waals surface area contributed by atoms with Gasteiger partial charge in [-0.2, -0.15) is 0 Å². The van der Waals surface area contributed by atoms with Gasteiger partial charge in [0.05, 0.1) is 0 Å². The number of carbonyl (C=O) groups is 1. The van der Waals surface area contributed by atoms with Crippen molar-refractivity contribution in [2.75, 3.05) is 37.6 Å². The van der Waals surface area contributed by atoms with Gasteiger partial charge >= 0.3 is 6.03 Å². The molecule has 0 saturated carbocycles. The molecule has 23 heavy (non-hydrogen) atoms. The molecule has 0 unspecified atom stereocenters. The molecule has 1 aliphatic rings. The predicted octanol–water partition coefficient (Wildman–Crippen LogP) is 3.21. The van der Waals surface area contributed by atoms with Crippen molar-refractivity contribution in [3.63, 3.8) is 0 Å². The molecule has 1 N–H and O–H groups in total. The van der Waals surface area contributed by atoms with Crippen LogP contribution in [0.15, 0.2) is 54.6 Å². The number of amides is 2. The van der Waals surface area contributed by atoms with Crippen molar-refractivity contribution >= 4 is 11.7 Å². The Labute approximate surface area is 137 Å². The topological polar surface area (TPSA) is 35.6 Å². The van der Waals surface area contributed by atoms with Crippen LogP contribution in [0.5, 0.6) is 0 Å². The van der Waals surface area contributed by atoms with Crippen LogP contribution in [0.3, 0.4) is 0 Å². The summed E-state index contributed by atoms with van der Waals surface area (Å²) in [7, 11) is 0. The SMILES string of the molecule is CCNC(=O)N1CCN(c2ccccc2-c2ccccc2)CC1. The van der Waals surface area contributed by atoms with Gasteiger partial charge in [-0.25, -0.2) is 4.79 Å². The summed E-state index contributed by atoms with van der Waals surface area (Å²) in [5.41, 5.74) is 3.73. The van der Waals surface area contributed by atoms with E-state index in [2.05, 4.69) is 58.7 Å². The van der Waals surface area contributed by atoms with Crippen molar-refractivity contribution in [3.05, 3.63) is 54.6 Å². The minimum atomic E-state index is 0.0449. The van der Waals surface area contributed by atoms with Gasteiger partial charge < -0.3 is 15.1 Å². The fraction of sp³-hybridized carbons (Fsp3) is 0.316. The van der Waals surface area contributed by atoms with E-state index in [0.29, 0.717) is 6.54 Å². The fourth-order valence-electron chi connectivity index (χ4n) is 3.02. The van der Waals surface area contributed by atoms with Crippen molar-refractivity contribution in [2.45, 2.75) is 6.92 Å². The average molecular weight is 309 g/mol. The molecule has 0 aromatic heterocycles. The van der Waals surface area contributed by atoms with Crippen molar-refractivity contribution in [1.29, 1.82) is 0 Å². The highest BCUT2D eigenvalue weighted by Gasteiger charge is 2.22. The molecule has 4 nitrogen and oxygen atoms in total. The van der Waals surface area contributed by atoms with E-state index in [1.54, 1.807) is 0 Å². The molecule has 0 radical (unpaired) electrons. The highest BCUT2D eigenvalue weighted by atomic mass is 16.2. The zero-order valence-corrected chi connectivity index (χ0v) is 13.5. The van der Waals surface area contributed by atoms with Gasteiger partial charge in [0.1, 0.15) is 0 Å². The van der Waals surface area contributed by atoms with E-state index in [9.17, 15) is 4.79 Å². The van der Waals surface area contributed by atoms with Gasteiger partial charge in [0, 0.05) is 44.0 Å². The second-order valence-electron chi connectivity index (χ2n) is 5.69. The maximum atomic E-state index is 11.9. The molecule has 0 spiro atoms. The van der Waals surface area contributed by atoms with Gasteiger partial charge in [-0.1, -0.05) is 48.5 Å². The fourth-order valence-corrected chi connectivity index (χ4v) is 3.02. The third-order valence-electron chi connectivity index (χ3n) is 4.22. The Balaban J connectivity index is 1.76. The molecule has 120 valence electrons. The molecule has 3 rings (SSSR count). The van der Waals surface area contributed by atoms with Crippen molar-refractivity contribution < 1.29 is 4.79 Å². The van der Waals surface area contributed by atoms with Gasteiger partial charge in [0.2, 0.25) is 0 Å². The number of rotatable bonds is 3. The van der Waals surface area contributed by atoms with E-state index in [1.807, 2.05) is 17.9 Å². The summed E-state index contributed by atoms with van der Waals surface area (Å²) in [6.07, 6.45) is 0. The number of carbonyl (C=O) groups excluding carboxylic acids is 1. The maximum Gasteiger partial charge on any atom is 0.317 e. The minimum Gasteiger partial charge on any atom is -0.367 e. The largest absolute Gasteiger partial charge is 0.367 e. The number of benzene rings is 2. The third kappa shape index (κ3) is 3.47. The van der Waals surface area contributed by atoms with Gasteiger partial charge in [-0.15, -0.1) is 0 Å². The van der Waals surface area contributed by atoms with Gasteiger partial charge in [0.15, 0.2) is 0 Å². The first-order valence-electron chi connectivity index (χ1n) is 8.21. The smallest absolute Gasteiger partial charge is 0.317 e. The Hall–Kier alpha value is -2.49. The lowest BCUT2D eigenvalue weighted by atomic mass is 10.0. The average Bonchev–Trinajstić information content (AvgIpc) is 2.63. The van der Waals surface area contributed by atoms with Crippen LogP contribution in [0, 0.1) is 0 Å². The highest BCUT2D eigenvalue weighted by Crippen LogP contribution is 2.31. The number of urea groups is 1. The standard InChI is InChI=1S/C19H23N3O/c1-2-20-19(23)22-14-12-21(13-15-22)18-11-7-6-10-17(18)16-8-4-3-5-9-16/h3-11H,2,12-15H2,1H3,(H,20,23). The Kier molecular flexibility index (Phi) is 4.81. The normalized spacial score (nSPS) is 14.7. The minimum absolute atomic E-state index is 0.0449. The van der Waals surface area contributed by atoms with Crippen LogP contribution in [0.25, 0.3) is 11.1 Å². The van der Waals surface area contributed by atoms with Gasteiger partial charge in [-0.3, -0.25) is 0 Å². The molecule has 1 fully saturated rings. The third-order valence-corrected chi connectivity index (χ3v) is 4.22. The van der Waals surface area contributed by atoms with Crippen molar-refractivity contribution in [1.82, 2.24) is 10.2 Å². The molecule has 2 amide bonds. The van der Waals surface area contributed by atoms with Crippen LogP contribution in [0.4, 0.5) is 10.5 Å². The quantitative estimate of drug-likeness (QED) is 0.945. The second-order valence-corrected chi connectivity index (χ2v) is 5.69. The van der Waals surface area contributed by atoms with E-state index in [-0.39, 0.29) is 6.03 Å². The molecular formula is C19H23N3O. The highest BCUT2D eigenvalue weighted by molar-refractivity contribution is 5.79. The molecule has 1 heterocycles. The zero-order valence-electron chi connectivity index (χ0n) is 13.5. The van der Waals surface area contributed by atoms with E-state index >= 15 is 0 Å². The predicted molar refractivity (Wildman–Crippen MR) is 94.7 cm³/mol. The first-order chi connectivity index (χ1) is 11.3. The summed E-state index contributed by atoms with van der Waals surface area (Å²) in [5.74, 6) is 0. The first-order valence-corrected chi connectivity index (χ1v) is 8.21. The number of nitrogens with one attached hydrogen (secondary N) is 1. The molecule has 1 aliphatic heterocycles. The molecule has 2 aromatic carbocycles. The van der Waals surface area contributed by atoms with Crippen LogP contribution in [0.1, 0.15) is 6.92 Å². The zero-order chi connectivity index (χ0) is 16.1. The van der Waals surface area contributed by atoms with Crippen LogP contribution >= 0.6 is 0 Å². The van der Waals surface area contributed by atoms with E-state index < -0.39 is 0 Å².